The third-order valence-electron chi connectivity index (χ3n) is 5.44. The van der Waals surface area contributed by atoms with Crippen molar-refractivity contribution in [2.75, 3.05) is 6.54 Å². The molecule has 0 N–H and O–H groups in total. The number of hydrogen-bond acceptors (Lipinski definition) is 5. The number of carbonyl (C=O) groups is 1. The first kappa shape index (κ1) is 18.1. The molecule has 3 aromatic heterocycles. The van der Waals surface area contributed by atoms with Crippen LogP contribution in [0.5, 0.6) is 0 Å². The van der Waals surface area contributed by atoms with Crippen molar-refractivity contribution in [3.05, 3.63) is 46.7 Å². The van der Waals surface area contributed by atoms with Crippen molar-refractivity contribution >= 4 is 11.6 Å². The maximum absolute atomic E-state index is 13.6. The summed E-state index contributed by atoms with van der Waals surface area (Å²) in [6.45, 7) is 2.27. The predicted octanol–water partition coefficient (Wildman–Crippen LogP) is 3.90. The molecule has 1 saturated heterocycles. The quantitative estimate of drug-likeness (QED) is 0.661. The van der Waals surface area contributed by atoms with Gasteiger partial charge in [0.05, 0.1) is 11.7 Å². The number of aromatic nitrogens is 4. The molecular formula is C19H18F3N5O2. The van der Waals surface area contributed by atoms with Gasteiger partial charge in [-0.1, -0.05) is 5.16 Å². The molecule has 2 fully saturated rings. The Morgan fingerprint density at radius 1 is 1.21 bits per heavy atom. The third-order valence-corrected chi connectivity index (χ3v) is 5.44. The van der Waals surface area contributed by atoms with Gasteiger partial charge in [0.1, 0.15) is 5.69 Å². The van der Waals surface area contributed by atoms with Crippen LogP contribution >= 0.6 is 0 Å². The maximum Gasteiger partial charge on any atom is 0.433 e. The monoisotopic (exact) mass is 405 g/mol. The topological polar surface area (TPSA) is 76.5 Å². The number of rotatable bonds is 3. The molecule has 4 heterocycles. The summed E-state index contributed by atoms with van der Waals surface area (Å²) in [5.41, 5.74) is 0.182. The number of carbonyl (C=O) groups excluding carboxylic acids is 1. The van der Waals surface area contributed by atoms with E-state index in [1.807, 2.05) is 0 Å². The van der Waals surface area contributed by atoms with E-state index in [0.29, 0.717) is 30.1 Å². The van der Waals surface area contributed by atoms with Crippen LogP contribution in [-0.4, -0.2) is 37.1 Å². The third kappa shape index (κ3) is 3.16. The Bertz CT molecular complexity index is 1100. The fourth-order valence-electron chi connectivity index (χ4n) is 3.88. The van der Waals surface area contributed by atoms with E-state index in [9.17, 15) is 18.0 Å². The van der Waals surface area contributed by atoms with Crippen LogP contribution < -0.4 is 0 Å². The molecule has 7 nitrogen and oxygen atoms in total. The number of alkyl halides is 3. The summed E-state index contributed by atoms with van der Waals surface area (Å²) >= 11 is 0. The van der Waals surface area contributed by atoms with Gasteiger partial charge in [-0.15, -0.1) is 0 Å². The fraction of sp³-hybridized carbons (Fsp3) is 0.474. The number of likely N-dealkylation sites (tertiary alicyclic amines) is 1. The van der Waals surface area contributed by atoms with Gasteiger partial charge in [0.25, 0.3) is 5.91 Å². The molecule has 10 heteroatoms. The average molecular weight is 405 g/mol. The SMILES string of the molecule is Cc1cc([C@H]2CCCN2C(=O)c2cc3nc(C4CC4)cc(C(F)(F)F)n3n2)on1. The molecule has 0 unspecified atom stereocenters. The van der Waals surface area contributed by atoms with Crippen LogP contribution in [0.3, 0.4) is 0 Å². The van der Waals surface area contributed by atoms with Crippen molar-refractivity contribution in [1.29, 1.82) is 0 Å². The van der Waals surface area contributed by atoms with Crippen LogP contribution in [0.4, 0.5) is 13.2 Å². The van der Waals surface area contributed by atoms with Crippen LogP contribution in [0.25, 0.3) is 5.65 Å². The molecule has 0 radical (unpaired) electrons. The van der Waals surface area contributed by atoms with Crippen LogP contribution in [0.15, 0.2) is 22.7 Å². The highest BCUT2D eigenvalue weighted by atomic mass is 19.4. The Labute approximate surface area is 163 Å². The smallest absolute Gasteiger partial charge is 0.359 e. The molecule has 0 bridgehead atoms. The van der Waals surface area contributed by atoms with E-state index in [0.717, 1.165) is 29.8 Å². The van der Waals surface area contributed by atoms with E-state index in [-0.39, 0.29) is 23.3 Å². The second-order valence-electron chi connectivity index (χ2n) is 7.67. The van der Waals surface area contributed by atoms with Crippen molar-refractivity contribution in [3.8, 4) is 0 Å². The lowest BCUT2D eigenvalue weighted by molar-refractivity contribution is -0.142. The summed E-state index contributed by atoms with van der Waals surface area (Å²) in [4.78, 5) is 19.0. The molecule has 3 aromatic rings. The fourth-order valence-corrected chi connectivity index (χ4v) is 3.88. The minimum absolute atomic E-state index is 0.0383. The Hall–Kier alpha value is -2.91. The lowest BCUT2D eigenvalue weighted by Gasteiger charge is -2.21. The summed E-state index contributed by atoms with van der Waals surface area (Å²) in [7, 11) is 0. The van der Waals surface area contributed by atoms with Crippen LogP contribution in [0.1, 0.15) is 71.0 Å². The average Bonchev–Trinajstić information content (AvgIpc) is 3.05. The highest BCUT2D eigenvalue weighted by Gasteiger charge is 2.39. The van der Waals surface area contributed by atoms with Gasteiger partial charge in [0.15, 0.2) is 17.1 Å². The van der Waals surface area contributed by atoms with Crippen molar-refractivity contribution < 1.29 is 22.5 Å². The molecule has 0 spiro atoms. The Morgan fingerprint density at radius 3 is 2.66 bits per heavy atom. The summed E-state index contributed by atoms with van der Waals surface area (Å²) in [5, 5.41) is 7.84. The molecule has 152 valence electrons. The second kappa shape index (κ2) is 6.30. The van der Waals surface area contributed by atoms with Crippen molar-refractivity contribution in [2.45, 2.75) is 50.7 Å². The number of halogens is 3. The Morgan fingerprint density at radius 2 is 2.00 bits per heavy atom. The maximum atomic E-state index is 13.6. The van der Waals surface area contributed by atoms with E-state index in [1.54, 1.807) is 17.9 Å². The van der Waals surface area contributed by atoms with Gasteiger partial charge in [0.2, 0.25) is 0 Å². The molecule has 0 aromatic carbocycles. The first-order valence-electron chi connectivity index (χ1n) is 9.53. The minimum Gasteiger partial charge on any atom is -0.359 e. The number of amides is 1. The van der Waals surface area contributed by atoms with E-state index < -0.39 is 17.8 Å². The van der Waals surface area contributed by atoms with Gasteiger partial charge in [-0.05, 0) is 38.7 Å². The molecule has 1 amide bonds. The highest BCUT2D eigenvalue weighted by Crippen LogP contribution is 2.41. The van der Waals surface area contributed by atoms with E-state index in [4.69, 9.17) is 4.52 Å². The van der Waals surface area contributed by atoms with E-state index in [2.05, 4.69) is 15.2 Å². The standard InChI is InChI=1S/C19H18F3N5O2/c1-10-7-15(29-25-10)14-3-2-6-26(14)18(28)13-9-17-23-12(11-4-5-11)8-16(19(20,21)22)27(17)24-13/h7-9,11,14H,2-6H2,1H3/t14-/m1/s1. The number of nitrogens with zero attached hydrogens (tertiary/aromatic N) is 5. The van der Waals surface area contributed by atoms with Crippen LogP contribution in [0, 0.1) is 6.92 Å². The Balaban J connectivity index is 1.53. The molecule has 29 heavy (non-hydrogen) atoms. The number of fused-ring (bicyclic) bond motifs is 1. The molecule has 1 saturated carbocycles. The van der Waals surface area contributed by atoms with Crippen LogP contribution in [-0.2, 0) is 6.18 Å². The van der Waals surface area contributed by atoms with Crippen molar-refractivity contribution in [3.63, 3.8) is 0 Å². The molecule has 5 rings (SSSR count). The minimum atomic E-state index is -4.59. The zero-order valence-electron chi connectivity index (χ0n) is 15.6. The van der Waals surface area contributed by atoms with E-state index >= 15 is 0 Å². The summed E-state index contributed by atoms with van der Waals surface area (Å²) < 4.78 is 46.8. The molecule has 1 atom stereocenters. The zero-order chi connectivity index (χ0) is 20.3. The summed E-state index contributed by atoms with van der Waals surface area (Å²) in [6, 6.07) is 3.85. The lowest BCUT2D eigenvalue weighted by atomic mass is 10.1. The summed E-state index contributed by atoms with van der Waals surface area (Å²) in [5.74, 6) is 0.184. The highest BCUT2D eigenvalue weighted by molar-refractivity contribution is 5.93. The van der Waals surface area contributed by atoms with Gasteiger partial charge < -0.3 is 9.42 Å². The number of hydrogen-bond donors (Lipinski definition) is 0. The normalized spacial score (nSPS) is 20.0. The largest absolute Gasteiger partial charge is 0.433 e. The van der Waals surface area contributed by atoms with Gasteiger partial charge in [-0.3, -0.25) is 4.79 Å². The van der Waals surface area contributed by atoms with Gasteiger partial charge in [-0.2, -0.15) is 18.3 Å². The first-order chi connectivity index (χ1) is 13.8. The molecule has 1 aliphatic heterocycles. The zero-order valence-corrected chi connectivity index (χ0v) is 15.6. The summed E-state index contributed by atoms with van der Waals surface area (Å²) in [6.07, 6.45) is -1.48. The van der Waals surface area contributed by atoms with Crippen molar-refractivity contribution in [1.82, 2.24) is 24.7 Å². The Kier molecular flexibility index (Phi) is 3.94. The van der Waals surface area contributed by atoms with Gasteiger partial charge in [-0.25, -0.2) is 9.50 Å². The van der Waals surface area contributed by atoms with E-state index in [1.165, 1.54) is 6.07 Å². The predicted molar refractivity (Wildman–Crippen MR) is 94.2 cm³/mol. The molecule has 1 aliphatic carbocycles. The number of aryl methyl sites for hydroxylation is 1. The van der Waals surface area contributed by atoms with Gasteiger partial charge in [0, 0.05) is 30.3 Å². The van der Waals surface area contributed by atoms with Gasteiger partial charge >= 0.3 is 6.18 Å². The van der Waals surface area contributed by atoms with Crippen LogP contribution in [0.2, 0.25) is 0 Å². The lowest BCUT2D eigenvalue weighted by Crippen LogP contribution is -2.30. The second-order valence-corrected chi connectivity index (χ2v) is 7.67. The first-order valence-corrected chi connectivity index (χ1v) is 9.53. The van der Waals surface area contributed by atoms with Crippen molar-refractivity contribution in [2.24, 2.45) is 0 Å². The molecular weight excluding hydrogens is 387 g/mol. The molecule has 2 aliphatic rings.